The largest absolute Gasteiger partial charge is 0.461 e. The average molecular weight is 187 g/mol. The van der Waals surface area contributed by atoms with Crippen LogP contribution in [0.1, 0.15) is 33.6 Å². The van der Waals surface area contributed by atoms with Crippen LogP contribution in [0.5, 0.6) is 0 Å². The van der Waals surface area contributed by atoms with Crippen LogP contribution < -0.4 is 0 Å². The lowest BCUT2D eigenvalue weighted by atomic mass is 10.1. The zero-order valence-electron chi connectivity index (χ0n) is 8.41. The third kappa shape index (κ3) is 5.22. The highest BCUT2D eigenvalue weighted by Crippen LogP contribution is 2.05. The van der Waals surface area contributed by atoms with Gasteiger partial charge in [0.05, 0.1) is 6.61 Å². The number of carbonyl (C=O) groups excluding carboxylic acids is 1. The molecule has 0 atom stereocenters. The van der Waals surface area contributed by atoms with Crippen LogP contribution in [0, 0.1) is 5.92 Å². The molecule has 0 aliphatic rings. The number of esters is 1. The first-order chi connectivity index (χ1) is 6.11. The molecule has 76 valence electrons. The fraction of sp³-hybridized carbons (Fsp3) is 0.778. The first kappa shape index (κ1) is 11.9. The predicted molar refractivity (Wildman–Crippen MR) is 49.9 cm³/mol. The van der Waals surface area contributed by atoms with Crippen molar-refractivity contribution in [1.82, 2.24) is 0 Å². The Kier molecular flexibility index (Phi) is 5.93. The van der Waals surface area contributed by atoms with Crippen molar-refractivity contribution in [2.75, 3.05) is 6.61 Å². The first-order valence-corrected chi connectivity index (χ1v) is 4.49. The molecule has 4 nitrogen and oxygen atoms in total. The van der Waals surface area contributed by atoms with Gasteiger partial charge in [-0.15, -0.1) is 0 Å². The van der Waals surface area contributed by atoms with E-state index >= 15 is 0 Å². The minimum absolute atomic E-state index is 0.107. The van der Waals surface area contributed by atoms with Gasteiger partial charge in [-0.25, -0.2) is 4.79 Å². The Labute approximate surface area is 78.6 Å². The molecular formula is C9H17NO3. The van der Waals surface area contributed by atoms with Gasteiger partial charge in [0.15, 0.2) is 5.71 Å². The Morgan fingerprint density at radius 2 is 2.15 bits per heavy atom. The Morgan fingerprint density at radius 3 is 2.54 bits per heavy atom. The zero-order valence-corrected chi connectivity index (χ0v) is 8.41. The molecule has 0 aromatic rings. The summed E-state index contributed by atoms with van der Waals surface area (Å²) in [6.07, 6.45) is 1.28. The van der Waals surface area contributed by atoms with Gasteiger partial charge in [0.25, 0.3) is 0 Å². The van der Waals surface area contributed by atoms with Crippen molar-refractivity contribution in [3.63, 3.8) is 0 Å². The summed E-state index contributed by atoms with van der Waals surface area (Å²) in [5.41, 5.74) is 0.107. The van der Waals surface area contributed by atoms with Crippen molar-refractivity contribution < 1.29 is 14.7 Å². The van der Waals surface area contributed by atoms with Crippen LogP contribution in [0.15, 0.2) is 5.16 Å². The van der Waals surface area contributed by atoms with Crippen molar-refractivity contribution in [3.05, 3.63) is 0 Å². The molecule has 0 saturated carbocycles. The van der Waals surface area contributed by atoms with E-state index in [0.717, 1.165) is 6.42 Å². The van der Waals surface area contributed by atoms with E-state index in [1.54, 1.807) is 6.92 Å². The Hall–Kier alpha value is -1.06. The molecule has 0 unspecified atom stereocenters. The number of ether oxygens (including phenoxy) is 1. The summed E-state index contributed by atoms with van der Waals surface area (Å²) in [6, 6.07) is 0. The summed E-state index contributed by atoms with van der Waals surface area (Å²) in [6.45, 7) is 6.11. The predicted octanol–water partition coefficient (Wildman–Crippen LogP) is 1.82. The van der Waals surface area contributed by atoms with Crippen molar-refractivity contribution >= 4 is 11.7 Å². The molecule has 13 heavy (non-hydrogen) atoms. The molecule has 0 aliphatic heterocycles. The van der Waals surface area contributed by atoms with Gasteiger partial charge in [0.2, 0.25) is 0 Å². The lowest BCUT2D eigenvalue weighted by molar-refractivity contribution is -0.135. The summed E-state index contributed by atoms with van der Waals surface area (Å²) < 4.78 is 4.70. The van der Waals surface area contributed by atoms with Gasteiger partial charge in [-0.2, -0.15) is 0 Å². The highest BCUT2D eigenvalue weighted by atomic mass is 16.5. The van der Waals surface area contributed by atoms with Crippen LogP contribution in [-0.2, 0) is 9.53 Å². The van der Waals surface area contributed by atoms with E-state index in [9.17, 15) is 4.79 Å². The first-order valence-electron chi connectivity index (χ1n) is 4.49. The summed E-state index contributed by atoms with van der Waals surface area (Å²) in [5.74, 6) is -0.0446. The monoisotopic (exact) mass is 187 g/mol. The molecule has 4 heteroatoms. The molecule has 0 aromatic heterocycles. The maximum absolute atomic E-state index is 11.1. The van der Waals surface area contributed by atoms with E-state index in [-0.39, 0.29) is 5.71 Å². The molecule has 0 rings (SSSR count). The second-order valence-corrected chi connectivity index (χ2v) is 3.20. The minimum atomic E-state index is -0.523. The van der Waals surface area contributed by atoms with Gasteiger partial charge in [0, 0.05) is 6.42 Å². The summed E-state index contributed by atoms with van der Waals surface area (Å²) in [5, 5.41) is 11.4. The average Bonchev–Trinajstić information content (AvgIpc) is 2.05. The van der Waals surface area contributed by atoms with E-state index in [1.165, 1.54) is 0 Å². The lowest BCUT2D eigenvalue weighted by Crippen LogP contribution is -2.18. The maximum Gasteiger partial charge on any atom is 0.356 e. The quantitative estimate of drug-likeness (QED) is 0.309. The zero-order chi connectivity index (χ0) is 10.3. The smallest absolute Gasteiger partial charge is 0.356 e. The molecule has 0 saturated heterocycles. The second kappa shape index (κ2) is 6.46. The molecule has 0 fully saturated rings. The van der Waals surface area contributed by atoms with Crippen LogP contribution in [0.25, 0.3) is 0 Å². The Bertz CT molecular complexity index is 187. The standard InChI is InChI=1S/C9H17NO3/c1-4-13-9(11)8(10-12)6-5-7(2)3/h7,12H,4-6H2,1-3H3. The minimum Gasteiger partial charge on any atom is -0.461 e. The van der Waals surface area contributed by atoms with E-state index in [1.807, 2.05) is 13.8 Å². The number of oxime groups is 1. The van der Waals surface area contributed by atoms with E-state index in [2.05, 4.69) is 5.16 Å². The van der Waals surface area contributed by atoms with Crippen LogP contribution in [0.2, 0.25) is 0 Å². The molecule has 0 heterocycles. The van der Waals surface area contributed by atoms with Crippen molar-refractivity contribution in [2.24, 2.45) is 11.1 Å². The third-order valence-corrected chi connectivity index (χ3v) is 1.59. The highest BCUT2D eigenvalue weighted by Gasteiger charge is 2.13. The molecule has 0 spiro atoms. The molecular weight excluding hydrogens is 170 g/mol. The van der Waals surface area contributed by atoms with Gasteiger partial charge >= 0.3 is 5.97 Å². The third-order valence-electron chi connectivity index (χ3n) is 1.59. The van der Waals surface area contributed by atoms with E-state index in [0.29, 0.717) is 18.9 Å². The highest BCUT2D eigenvalue weighted by molar-refractivity contribution is 6.36. The van der Waals surface area contributed by atoms with Crippen molar-refractivity contribution in [1.29, 1.82) is 0 Å². The van der Waals surface area contributed by atoms with Crippen LogP contribution in [-0.4, -0.2) is 23.5 Å². The molecule has 0 aromatic carbocycles. The molecule has 0 bridgehead atoms. The number of rotatable bonds is 5. The number of hydrogen-bond acceptors (Lipinski definition) is 4. The second-order valence-electron chi connectivity index (χ2n) is 3.20. The Balaban J connectivity index is 3.97. The molecule has 1 N–H and O–H groups in total. The number of carbonyl (C=O) groups is 1. The van der Waals surface area contributed by atoms with Crippen LogP contribution >= 0.6 is 0 Å². The van der Waals surface area contributed by atoms with Crippen molar-refractivity contribution in [2.45, 2.75) is 33.6 Å². The van der Waals surface area contributed by atoms with Crippen LogP contribution in [0.3, 0.4) is 0 Å². The summed E-state index contributed by atoms with van der Waals surface area (Å²) in [7, 11) is 0. The fourth-order valence-electron chi connectivity index (χ4n) is 0.833. The van der Waals surface area contributed by atoms with Crippen LogP contribution in [0.4, 0.5) is 0 Å². The topological polar surface area (TPSA) is 58.9 Å². The lowest BCUT2D eigenvalue weighted by Gasteiger charge is -2.05. The SMILES string of the molecule is CCOC(=O)C(CCC(C)C)=NO. The normalized spacial score (nSPS) is 11.8. The molecule has 0 radical (unpaired) electrons. The van der Waals surface area contributed by atoms with E-state index in [4.69, 9.17) is 9.94 Å². The summed E-state index contributed by atoms with van der Waals surface area (Å²) in [4.78, 5) is 11.1. The van der Waals surface area contributed by atoms with E-state index < -0.39 is 5.97 Å². The fourth-order valence-corrected chi connectivity index (χ4v) is 0.833. The van der Waals surface area contributed by atoms with Gasteiger partial charge in [-0.05, 0) is 19.3 Å². The number of nitrogens with zero attached hydrogens (tertiary/aromatic N) is 1. The number of hydrogen-bond donors (Lipinski definition) is 1. The molecule has 0 amide bonds. The summed E-state index contributed by atoms with van der Waals surface area (Å²) >= 11 is 0. The maximum atomic E-state index is 11.1. The van der Waals surface area contributed by atoms with Gasteiger partial charge in [-0.1, -0.05) is 19.0 Å². The van der Waals surface area contributed by atoms with Gasteiger partial charge in [-0.3, -0.25) is 0 Å². The molecule has 0 aliphatic carbocycles. The van der Waals surface area contributed by atoms with Gasteiger partial charge < -0.3 is 9.94 Å². The Morgan fingerprint density at radius 1 is 1.54 bits per heavy atom. The van der Waals surface area contributed by atoms with Crippen molar-refractivity contribution in [3.8, 4) is 0 Å². The van der Waals surface area contributed by atoms with Gasteiger partial charge in [0.1, 0.15) is 0 Å².